The molecule has 1 heterocycles. The number of amides is 2. The molecule has 0 spiro atoms. The molecule has 0 bridgehead atoms. The van der Waals surface area contributed by atoms with Crippen LogP contribution in [0.3, 0.4) is 0 Å². The highest BCUT2D eigenvalue weighted by Gasteiger charge is 2.32. The van der Waals surface area contributed by atoms with E-state index in [1.165, 1.54) is 11.3 Å². The quantitative estimate of drug-likeness (QED) is 0.741. The minimum Gasteiger partial charge on any atom is -0.480 e. The fourth-order valence-corrected chi connectivity index (χ4v) is 2.31. The standard InChI is InChI=1S/C14H20N2O4S/c1-14(2,3)11(13(19)20)16-10(17)6-7-15-12(18)9-5-4-8-21-9/h4-5,8,11H,6-7H2,1-3H3,(H,15,18)(H,16,17)(H,19,20). The Balaban J connectivity index is 2.40. The van der Waals surface area contributed by atoms with E-state index in [4.69, 9.17) is 5.11 Å². The minimum absolute atomic E-state index is 0.0387. The van der Waals surface area contributed by atoms with Gasteiger partial charge in [0.25, 0.3) is 5.91 Å². The molecule has 0 saturated heterocycles. The minimum atomic E-state index is -1.07. The molecule has 0 aliphatic carbocycles. The lowest BCUT2D eigenvalue weighted by atomic mass is 9.86. The predicted molar refractivity (Wildman–Crippen MR) is 80.3 cm³/mol. The predicted octanol–water partition coefficient (Wildman–Crippen LogP) is 1.48. The van der Waals surface area contributed by atoms with Crippen LogP contribution in [-0.4, -0.2) is 35.5 Å². The molecule has 1 aromatic rings. The Morgan fingerprint density at radius 1 is 1.33 bits per heavy atom. The Hall–Kier alpha value is -1.89. The zero-order valence-corrected chi connectivity index (χ0v) is 13.1. The lowest BCUT2D eigenvalue weighted by Gasteiger charge is -2.27. The van der Waals surface area contributed by atoms with Crippen LogP contribution in [0.1, 0.15) is 36.9 Å². The molecule has 1 rings (SSSR count). The summed E-state index contributed by atoms with van der Waals surface area (Å²) in [5.41, 5.74) is -0.582. The van der Waals surface area contributed by atoms with Crippen molar-refractivity contribution in [1.82, 2.24) is 10.6 Å². The van der Waals surface area contributed by atoms with Crippen molar-refractivity contribution in [2.45, 2.75) is 33.2 Å². The molecule has 0 aliphatic heterocycles. The van der Waals surface area contributed by atoms with Crippen molar-refractivity contribution in [3.63, 3.8) is 0 Å². The summed E-state index contributed by atoms with van der Waals surface area (Å²) in [5.74, 6) is -1.70. The maximum absolute atomic E-state index is 11.7. The van der Waals surface area contributed by atoms with E-state index in [1.807, 2.05) is 0 Å². The fourth-order valence-electron chi connectivity index (χ4n) is 1.67. The molecular formula is C14H20N2O4S. The first-order valence-corrected chi connectivity index (χ1v) is 7.43. The van der Waals surface area contributed by atoms with Crippen molar-refractivity contribution in [1.29, 1.82) is 0 Å². The molecule has 0 fully saturated rings. The number of nitrogens with one attached hydrogen (secondary N) is 2. The second-order valence-corrected chi connectivity index (χ2v) is 6.64. The molecule has 0 aliphatic rings. The van der Waals surface area contributed by atoms with Gasteiger partial charge in [-0.3, -0.25) is 9.59 Å². The van der Waals surface area contributed by atoms with Gasteiger partial charge in [-0.05, 0) is 16.9 Å². The van der Waals surface area contributed by atoms with Gasteiger partial charge in [0.05, 0.1) is 4.88 Å². The third-order valence-corrected chi connectivity index (χ3v) is 3.67. The lowest BCUT2D eigenvalue weighted by Crippen LogP contribution is -2.49. The molecule has 0 saturated carbocycles. The van der Waals surface area contributed by atoms with Crippen molar-refractivity contribution in [3.05, 3.63) is 22.4 Å². The summed E-state index contributed by atoms with van der Waals surface area (Å²) in [6, 6.07) is 2.51. The molecule has 1 unspecified atom stereocenters. The topological polar surface area (TPSA) is 95.5 Å². The summed E-state index contributed by atoms with van der Waals surface area (Å²) in [7, 11) is 0. The first kappa shape index (κ1) is 17.2. The van der Waals surface area contributed by atoms with Crippen LogP contribution in [0.25, 0.3) is 0 Å². The van der Waals surface area contributed by atoms with E-state index in [-0.39, 0.29) is 18.9 Å². The van der Waals surface area contributed by atoms with Gasteiger partial charge in [-0.15, -0.1) is 11.3 Å². The Labute approximate surface area is 127 Å². The SMILES string of the molecule is CC(C)(C)C(NC(=O)CCNC(=O)c1cccs1)C(=O)O. The summed E-state index contributed by atoms with van der Waals surface area (Å²) in [6.45, 7) is 5.39. The van der Waals surface area contributed by atoms with Crippen LogP contribution < -0.4 is 10.6 Å². The van der Waals surface area contributed by atoms with Crippen molar-refractivity contribution in [2.24, 2.45) is 5.41 Å². The van der Waals surface area contributed by atoms with Gasteiger partial charge in [0.15, 0.2) is 0 Å². The Bertz CT molecular complexity index is 506. The van der Waals surface area contributed by atoms with Gasteiger partial charge < -0.3 is 15.7 Å². The van der Waals surface area contributed by atoms with Crippen LogP contribution in [0.15, 0.2) is 17.5 Å². The van der Waals surface area contributed by atoms with Gasteiger partial charge in [-0.25, -0.2) is 4.79 Å². The van der Waals surface area contributed by atoms with Crippen molar-refractivity contribution < 1.29 is 19.5 Å². The Kier molecular flexibility index (Phi) is 5.90. The molecule has 6 nitrogen and oxygen atoms in total. The van der Waals surface area contributed by atoms with Crippen LogP contribution in [0, 0.1) is 5.41 Å². The Morgan fingerprint density at radius 3 is 2.48 bits per heavy atom. The zero-order chi connectivity index (χ0) is 16.0. The number of aliphatic carboxylic acids is 1. The van der Waals surface area contributed by atoms with E-state index >= 15 is 0 Å². The van der Waals surface area contributed by atoms with Crippen LogP contribution in [0.2, 0.25) is 0 Å². The summed E-state index contributed by atoms with van der Waals surface area (Å²) in [4.78, 5) is 35.1. The number of hydrogen-bond acceptors (Lipinski definition) is 4. The van der Waals surface area contributed by atoms with Crippen molar-refractivity contribution in [3.8, 4) is 0 Å². The molecule has 21 heavy (non-hydrogen) atoms. The highest BCUT2D eigenvalue weighted by atomic mass is 32.1. The average molecular weight is 312 g/mol. The molecule has 2 amide bonds. The normalized spacial score (nSPS) is 12.5. The number of carbonyl (C=O) groups is 3. The highest BCUT2D eigenvalue weighted by Crippen LogP contribution is 2.19. The van der Waals surface area contributed by atoms with Gasteiger partial charge in [-0.2, -0.15) is 0 Å². The number of carbonyl (C=O) groups excluding carboxylic acids is 2. The lowest BCUT2D eigenvalue weighted by molar-refractivity contribution is -0.144. The number of hydrogen-bond donors (Lipinski definition) is 3. The highest BCUT2D eigenvalue weighted by molar-refractivity contribution is 7.12. The summed E-state index contributed by atoms with van der Waals surface area (Å²) in [6.07, 6.45) is 0.0387. The first-order chi connectivity index (χ1) is 9.71. The number of rotatable bonds is 6. The Morgan fingerprint density at radius 2 is 2.00 bits per heavy atom. The maximum atomic E-state index is 11.7. The van der Waals surface area contributed by atoms with Gasteiger partial charge in [0.2, 0.25) is 5.91 Å². The fraction of sp³-hybridized carbons (Fsp3) is 0.500. The van der Waals surface area contributed by atoms with Gasteiger partial charge >= 0.3 is 5.97 Å². The summed E-state index contributed by atoms with van der Waals surface area (Å²) < 4.78 is 0. The molecular weight excluding hydrogens is 292 g/mol. The van der Waals surface area contributed by atoms with Crippen LogP contribution in [0.5, 0.6) is 0 Å². The van der Waals surface area contributed by atoms with E-state index in [0.717, 1.165) is 0 Å². The van der Waals surface area contributed by atoms with E-state index in [0.29, 0.717) is 4.88 Å². The maximum Gasteiger partial charge on any atom is 0.326 e. The molecule has 116 valence electrons. The number of thiophene rings is 1. The summed E-state index contributed by atoms with van der Waals surface area (Å²) in [5, 5.41) is 16.0. The van der Waals surface area contributed by atoms with E-state index < -0.39 is 23.3 Å². The van der Waals surface area contributed by atoms with Crippen LogP contribution >= 0.6 is 11.3 Å². The number of carboxylic acid groups (broad SMARTS) is 1. The molecule has 1 atom stereocenters. The zero-order valence-electron chi connectivity index (χ0n) is 12.3. The van der Waals surface area contributed by atoms with Gasteiger partial charge in [0.1, 0.15) is 6.04 Å². The molecule has 0 aromatic carbocycles. The second kappa shape index (κ2) is 7.21. The third kappa shape index (κ3) is 5.55. The molecule has 0 radical (unpaired) electrons. The average Bonchev–Trinajstić information content (AvgIpc) is 2.87. The van der Waals surface area contributed by atoms with E-state index in [2.05, 4.69) is 10.6 Å². The second-order valence-electron chi connectivity index (χ2n) is 5.69. The first-order valence-electron chi connectivity index (χ1n) is 6.55. The van der Waals surface area contributed by atoms with Crippen LogP contribution in [0.4, 0.5) is 0 Å². The number of carboxylic acids is 1. The molecule has 7 heteroatoms. The van der Waals surface area contributed by atoms with Crippen molar-refractivity contribution >= 4 is 29.1 Å². The van der Waals surface area contributed by atoms with Gasteiger partial charge in [0, 0.05) is 13.0 Å². The summed E-state index contributed by atoms with van der Waals surface area (Å²) >= 11 is 1.32. The largest absolute Gasteiger partial charge is 0.480 e. The molecule has 3 N–H and O–H groups in total. The van der Waals surface area contributed by atoms with Crippen molar-refractivity contribution in [2.75, 3.05) is 6.54 Å². The third-order valence-electron chi connectivity index (χ3n) is 2.80. The smallest absolute Gasteiger partial charge is 0.326 e. The van der Waals surface area contributed by atoms with E-state index in [1.54, 1.807) is 38.3 Å². The molecule has 1 aromatic heterocycles. The van der Waals surface area contributed by atoms with Gasteiger partial charge in [-0.1, -0.05) is 26.8 Å². The monoisotopic (exact) mass is 312 g/mol. The van der Waals surface area contributed by atoms with E-state index in [9.17, 15) is 14.4 Å². The van der Waals surface area contributed by atoms with Crippen LogP contribution in [-0.2, 0) is 9.59 Å².